The van der Waals surface area contributed by atoms with Crippen LogP contribution in [0, 0.1) is 0 Å². The van der Waals surface area contributed by atoms with Crippen LogP contribution in [0.25, 0.3) is 10.7 Å². The molecule has 2 N–H and O–H groups in total. The minimum Gasteiger partial charge on any atom is -0.508 e. The summed E-state index contributed by atoms with van der Waals surface area (Å²) in [4.78, 5) is 31.4. The second-order valence-electron chi connectivity index (χ2n) is 9.34. The molecule has 2 aliphatic rings. The number of nitrogens with one attached hydrogen (secondary N) is 1. The van der Waals surface area contributed by atoms with Crippen molar-refractivity contribution in [2.45, 2.75) is 76.0 Å². The molecule has 2 aliphatic carbocycles. The number of rotatable bonds is 8. The molecule has 0 bridgehead atoms. The molecule has 10 heteroatoms. The fraction of sp³-hybridized carbons (Fsp3) is 0.480. The number of tetrazole rings is 1. The van der Waals surface area contributed by atoms with E-state index >= 15 is 0 Å². The van der Waals surface area contributed by atoms with E-state index in [4.69, 9.17) is 0 Å². The molecular weight excluding hydrogens is 464 g/mol. The highest BCUT2D eigenvalue weighted by molar-refractivity contribution is 7.13. The summed E-state index contributed by atoms with van der Waals surface area (Å²) < 4.78 is 0. The third-order valence-electron chi connectivity index (χ3n) is 6.91. The maximum Gasteiger partial charge on any atom is 0.247 e. The van der Waals surface area contributed by atoms with Gasteiger partial charge in [-0.25, -0.2) is 0 Å². The Morgan fingerprint density at radius 1 is 1.09 bits per heavy atom. The van der Waals surface area contributed by atoms with Crippen molar-refractivity contribution in [1.82, 2.24) is 30.4 Å². The van der Waals surface area contributed by atoms with Crippen LogP contribution in [0.5, 0.6) is 5.75 Å². The number of nitrogens with zero attached hydrogens (tertiary/aromatic N) is 5. The standard InChI is InChI=1S/C25H30N6O3S/c32-20-13-11-17(12-14-20)23(25(34)26-18-6-1-2-7-18)31(19-8-3-4-9-19)22(33)16-30-28-24(27-29-30)21-10-5-15-35-21/h5,10-15,18-19,23,32H,1-4,6-9,16H2,(H,26,34)/t23-/m0/s1. The second-order valence-corrected chi connectivity index (χ2v) is 10.3. The summed E-state index contributed by atoms with van der Waals surface area (Å²) in [5.74, 6) is 0.213. The highest BCUT2D eigenvalue weighted by Gasteiger charge is 2.38. The fourth-order valence-corrected chi connectivity index (χ4v) is 5.85. The Balaban J connectivity index is 1.44. The van der Waals surface area contributed by atoms with Crippen molar-refractivity contribution in [1.29, 1.82) is 0 Å². The van der Waals surface area contributed by atoms with Crippen molar-refractivity contribution in [3.05, 3.63) is 47.3 Å². The zero-order valence-corrected chi connectivity index (χ0v) is 20.4. The van der Waals surface area contributed by atoms with Gasteiger partial charge in [0.15, 0.2) is 0 Å². The highest BCUT2D eigenvalue weighted by Crippen LogP contribution is 2.33. The van der Waals surface area contributed by atoms with Gasteiger partial charge in [0.2, 0.25) is 17.6 Å². The van der Waals surface area contributed by atoms with E-state index in [1.54, 1.807) is 29.2 Å². The van der Waals surface area contributed by atoms with E-state index in [1.807, 2.05) is 17.5 Å². The van der Waals surface area contributed by atoms with E-state index in [0.717, 1.165) is 56.2 Å². The van der Waals surface area contributed by atoms with Crippen LogP contribution in [0.1, 0.15) is 63.0 Å². The first kappa shape index (κ1) is 23.5. The van der Waals surface area contributed by atoms with E-state index in [1.165, 1.54) is 16.1 Å². The number of amides is 2. The molecule has 2 saturated carbocycles. The van der Waals surface area contributed by atoms with Gasteiger partial charge in [0.25, 0.3) is 0 Å². The van der Waals surface area contributed by atoms with Crippen molar-refractivity contribution < 1.29 is 14.7 Å². The van der Waals surface area contributed by atoms with E-state index in [0.29, 0.717) is 11.4 Å². The van der Waals surface area contributed by atoms with Crippen LogP contribution in [0.3, 0.4) is 0 Å². The Morgan fingerprint density at radius 3 is 2.49 bits per heavy atom. The van der Waals surface area contributed by atoms with Crippen LogP contribution >= 0.6 is 11.3 Å². The molecule has 1 atom stereocenters. The molecule has 1 aromatic carbocycles. The van der Waals surface area contributed by atoms with Crippen LogP contribution < -0.4 is 5.32 Å². The lowest BCUT2D eigenvalue weighted by atomic mass is 10.00. The Morgan fingerprint density at radius 2 is 1.80 bits per heavy atom. The van der Waals surface area contributed by atoms with Crippen LogP contribution in [0.4, 0.5) is 0 Å². The van der Waals surface area contributed by atoms with Gasteiger partial charge in [0.05, 0.1) is 4.88 Å². The second kappa shape index (κ2) is 10.6. The van der Waals surface area contributed by atoms with Crippen LogP contribution in [0.15, 0.2) is 41.8 Å². The van der Waals surface area contributed by atoms with Gasteiger partial charge < -0.3 is 15.3 Å². The number of aromatic hydroxyl groups is 1. The average Bonchev–Trinajstić information content (AvgIpc) is 3.66. The van der Waals surface area contributed by atoms with E-state index in [-0.39, 0.29) is 36.2 Å². The number of benzene rings is 1. The smallest absolute Gasteiger partial charge is 0.247 e. The van der Waals surface area contributed by atoms with Gasteiger partial charge in [-0.15, -0.1) is 21.5 Å². The lowest BCUT2D eigenvalue weighted by molar-refractivity contribution is -0.144. The number of carbonyl (C=O) groups excluding carboxylic acids is 2. The van der Waals surface area contributed by atoms with Crippen LogP contribution in [-0.4, -0.2) is 54.1 Å². The summed E-state index contributed by atoms with van der Waals surface area (Å²) in [7, 11) is 0. The lowest BCUT2D eigenvalue weighted by Gasteiger charge is -2.36. The Hall–Kier alpha value is -3.27. The summed E-state index contributed by atoms with van der Waals surface area (Å²) in [6.07, 6.45) is 7.86. The summed E-state index contributed by atoms with van der Waals surface area (Å²) in [5, 5.41) is 27.6. The van der Waals surface area contributed by atoms with Gasteiger partial charge >= 0.3 is 0 Å². The zero-order chi connectivity index (χ0) is 24.2. The summed E-state index contributed by atoms with van der Waals surface area (Å²) >= 11 is 1.51. The molecule has 0 aliphatic heterocycles. The zero-order valence-electron chi connectivity index (χ0n) is 19.5. The molecular formula is C25H30N6O3S. The predicted molar refractivity (Wildman–Crippen MR) is 131 cm³/mol. The largest absolute Gasteiger partial charge is 0.508 e. The fourth-order valence-electron chi connectivity index (χ4n) is 5.20. The molecule has 0 saturated heterocycles. The molecule has 0 spiro atoms. The Labute approximate surface area is 208 Å². The monoisotopic (exact) mass is 494 g/mol. The average molecular weight is 495 g/mol. The third kappa shape index (κ3) is 5.37. The molecule has 35 heavy (non-hydrogen) atoms. The normalized spacial score (nSPS) is 17.5. The van der Waals surface area contributed by atoms with Gasteiger partial charge in [-0.3, -0.25) is 9.59 Å². The van der Waals surface area contributed by atoms with Crippen LogP contribution in [-0.2, 0) is 16.1 Å². The van der Waals surface area contributed by atoms with Crippen molar-refractivity contribution >= 4 is 23.2 Å². The number of carbonyl (C=O) groups is 2. The summed E-state index contributed by atoms with van der Waals surface area (Å²) in [6, 6.07) is 9.71. The van der Waals surface area contributed by atoms with Crippen molar-refractivity contribution in [2.75, 3.05) is 0 Å². The van der Waals surface area contributed by atoms with Crippen LogP contribution in [0.2, 0.25) is 0 Å². The molecule has 2 aromatic heterocycles. The molecule has 5 rings (SSSR count). The van der Waals surface area contributed by atoms with Crippen molar-refractivity contribution in [3.8, 4) is 16.5 Å². The maximum atomic E-state index is 13.8. The minimum absolute atomic E-state index is 0.0454. The van der Waals surface area contributed by atoms with Gasteiger partial charge in [-0.1, -0.05) is 43.9 Å². The van der Waals surface area contributed by atoms with Gasteiger partial charge in [-0.05, 0) is 60.0 Å². The quantitative estimate of drug-likeness (QED) is 0.494. The number of hydrogen-bond donors (Lipinski definition) is 2. The summed E-state index contributed by atoms with van der Waals surface area (Å²) in [5.41, 5.74) is 0.685. The first-order chi connectivity index (χ1) is 17.1. The van der Waals surface area contributed by atoms with E-state index in [2.05, 4.69) is 20.7 Å². The maximum absolute atomic E-state index is 13.8. The molecule has 2 amide bonds. The van der Waals surface area contributed by atoms with E-state index in [9.17, 15) is 14.7 Å². The Kier molecular flexibility index (Phi) is 7.08. The molecule has 184 valence electrons. The van der Waals surface area contributed by atoms with E-state index < -0.39 is 6.04 Å². The molecule has 0 radical (unpaired) electrons. The molecule has 2 fully saturated rings. The number of aromatic nitrogens is 4. The minimum atomic E-state index is -0.785. The number of hydrogen-bond acceptors (Lipinski definition) is 7. The lowest BCUT2D eigenvalue weighted by Crippen LogP contribution is -2.50. The molecule has 0 unspecified atom stereocenters. The first-order valence-electron chi connectivity index (χ1n) is 12.3. The number of phenolic OH excluding ortho intramolecular Hbond substituents is 1. The van der Waals surface area contributed by atoms with Gasteiger partial charge in [0, 0.05) is 12.1 Å². The highest BCUT2D eigenvalue weighted by atomic mass is 32.1. The van der Waals surface area contributed by atoms with Crippen molar-refractivity contribution in [3.63, 3.8) is 0 Å². The summed E-state index contributed by atoms with van der Waals surface area (Å²) in [6.45, 7) is -0.0971. The van der Waals surface area contributed by atoms with Crippen molar-refractivity contribution in [2.24, 2.45) is 0 Å². The Bertz CT molecular complexity index is 1130. The predicted octanol–water partition coefficient (Wildman–Crippen LogP) is 3.68. The topological polar surface area (TPSA) is 113 Å². The van der Waals surface area contributed by atoms with Gasteiger partial charge in [-0.2, -0.15) is 4.80 Å². The molecule has 9 nitrogen and oxygen atoms in total. The third-order valence-corrected chi connectivity index (χ3v) is 7.78. The molecule has 3 aromatic rings. The van der Waals surface area contributed by atoms with Gasteiger partial charge in [0.1, 0.15) is 18.3 Å². The number of thiophene rings is 1. The first-order valence-corrected chi connectivity index (χ1v) is 13.2. The molecule has 2 heterocycles. The number of phenols is 1. The SMILES string of the molecule is O=C(NC1CCCC1)[C@H](c1ccc(O)cc1)N(C(=O)Cn1nnc(-c2cccs2)n1)C1CCCC1.